The van der Waals surface area contributed by atoms with Gasteiger partial charge in [-0.1, -0.05) is 24.3 Å². The maximum atomic E-state index is 13.1. The van der Waals surface area contributed by atoms with Crippen LogP contribution in [0.25, 0.3) is 11.0 Å². The van der Waals surface area contributed by atoms with Crippen LogP contribution in [0.15, 0.2) is 48.5 Å². The molecule has 1 aromatic heterocycles. The Kier molecular flexibility index (Phi) is 5.55. The number of halogens is 3. The second-order valence-corrected chi connectivity index (χ2v) is 6.20. The van der Waals surface area contributed by atoms with Crippen LogP contribution >= 0.6 is 0 Å². The molecule has 2 N–H and O–H groups in total. The fourth-order valence-corrected chi connectivity index (χ4v) is 2.78. The lowest BCUT2D eigenvalue weighted by molar-refractivity contribution is -0.168. The molecule has 0 bridgehead atoms. The minimum Gasteiger partial charge on any atom is -0.348 e. The van der Waals surface area contributed by atoms with E-state index in [-0.39, 0.29) is 6.42 Å². The third kappa shape index (κ3) is 4.42. The van der Waals surface area contributed by atoms with E-state index < -0.39 is 23.7 Å². The maximum absolute atomic E-state index is 13.1. The molecule has 1 amide bonds. The van der Waals surface area contributed by atoms with E-state index in [9.17, 15) is 18.0 Å². The van der Waals surface area contributed by atoms with Gasteiger partial charge in [-0.25, -0.2) is 10.0 Å². The molecule has 148 valence electrons. The number of aromatic nitrogens is 2. The molecule has 0 aliphatic carbocycles. The summed E-state index contributed by atoms with van der Waals surface area (Å²) in [5, 5.41) is 4.06. The van der Waals surface area contributed by atoms with Gasteiger partial charge in [0.1, 0.15) is 0 Å². The molecule has 1 heterocycles. The number of benzene rings is 2. The standard InChI is InChI=1S/C19H19F3N4O2/c1-26(28-2)17(27)11-16(12-6-5-7-13(10-12)19(20,21)22)25-18-23-14-8-3-4-9-15(14)24-18/h3-10,16H,11H2,1-2H3,(H2,23,24,25). The van der Waals surface area contributed by atoms with Gasteiger partial charge in [0.2, 0.25) is 11.9 Å². The predicted molar refractivity (Wildman–Crippen MR) is 98.3 cm³/mol. The fraction of sp³-hybridized carbons (Fsp3) is 0.263. The molecule has 0 aliphatic heterocycles. The Labute approximate surface area is 159 Å². The number of hydrogen-bond donors (Lipinski definition) is 2. The summed E-state index contributed by atoms with van der Waals surface area (Å²) in [6.45, 7) is 0. The zero-order valence-electron chi connectivity index (χ0n) is 15.2. The van der Waals surface area contributed by atoms with Crippen molar-refractivity contribution in [3.8, 4) is 0 Å². The van der Waals surface area contributed by atoms with Crippen LogP contribution in [0.1, 0.15) is 23.6 Å². The summed E-state index contributed by atoms with van der Waals surface area (Å²) >= 11 is 0. The van der Waals surface area contributed by atoms with Crippen LogP contribution in [0, 0.1) is 0 Å². The van der Waals surface area contributed by atoms with Gasteiger partial charge in [0.15, 0.2) is 0 Å². The monoisotopic (exact) mass is 392 g/mol. The number of hydroxylamine groups is 2. The second-order valence-electron chi connectivity index (χ2n) is 6.20. The van der Waals surface area contributed by atoms with Crippen LogP contribution in [0.3, 0.4) is 0 Å². The van der Waals surface area contributed by atoms with E-state index in [0.29, 0.717) is 17.0 Å². The summed E-state index contributed by atoms with van der Waals surface area (Å²) in [6, 6.07) is 11.4. The Balaban J connectivity index is 1.93. The highest BCUT2D eigenvalue weighted by molar-refractivity contribution is 5.78. The Morgan fingerprint density at radius 1 is 1.25 bits per heavy atom. The largest absolute Gasteiger partial charge is 0.416 e. The zero-order chi connectivity index (χ0) is 20.3. The number of rotatable bonds is 6. The lowest BCUT2D eigenvalue weighted by Crippen LogP contribution is -2.29. The number of nitrogens with zero attached hydrogens (tertiary/aromatic N) is 2. The molecule has 6 nitrogen and oxygen atoms in total. The van der Waals surface area contributed by atoms with Crippen molar-refractivity contribution in [2.75, 3.05) is 19.5 Å². The Morgan fingerprint density at radius 3 is 2.68 bits per heavy atom. The molecule has 2 aromatic carbocycles. The summed E-state index contributed by atoms with van der Waals surface area (Å²) in [4.78, 5) is 24.6. The van der Waals surface area contributed by atoms with Gasteiger partial charge in [0, 0.05) is 7.05 Å². The van der Waals surface area contributed by atoms with Crippen LogP contribution < -0.4 is 5.32 Å². The number of H-pyrrole nitrogens is 1. The molecule has 28 heavy (non-hydrogen) atoms. The summed E-state index contributed by atoms with van der Waals surface area (Å²) in [6.07, 6.45) is -4.60. The van der Waals surface area contributed by atoms with E-state index in [2.05, 4.69) is 15.3 Å². The Bertz CT molecular complexity index is 938. The minimum absolute atomic E-state index is 0.122. The van der Waals surface area contributed by atoms with E-state index in [1.807, 2.05) is 18.2 Å². The molecule has 0 saturated carbocycles. The Hall–Kier alpha value is -3.07. The predicted octanol–water partition coefficient (Wildman–Crippen LogP) is 4.14. The second kappa shape index (κ2) is 7.89. The zero-order valence-corrected chi connectivity index (χ0v) is 15.2. The lowest BCUT2D eigenvalue weighted by Gasteiger charge is -2.22. The summed E-state index contributed by atoms with van der Waals surface area (Å²) in [7, 11) is 2.77. The number of nitrogens with one attached hydrogen (secondary N) is 2. The average Bonchev–Trinajstić information content (AvgIpc) is 3.08. The number of amides is 1. The van der Waals surface area contributed by atoms with Crippen molar-refractivity contribution < 1.29 is 22.8 Å². The summed E-state index contributed by atoms with van der Waals surface area (Å²) in [5.74, 6) is -0.0370. The van der Waals surface area contributed by atoms with E-state index in [1.165, 1.54) is 26.3 Å². The molecule has 0 aliphatic rings. The highest BCUT2D eigenvalue weighted by atomic mass is 19.4. The number of carbonyl (C=O) groups excluding carboxylic acids is 1. The number of anilines is 1. The van der Waals surface area contributed by atoms with E-state index in [4.69, 9.17) is 4.84 Å². The first-order valence-corrected chi connectivity index (χ1v) is 8.47. The van der Waals surface area contributed by atoms with Crippen molar-refractivity contribution in [3.05, 3.63) is 59.7 Å². The quantitative estimate of drug-likeness (QED) is 0.619. The molecule has 3 rings (SSSR count). The summed E-state index contributed by atoms with van der Waals surface area (Å²) in [5.41, 5.74) is 1.00. The molecular formula is C19H19F3N4O2. The first-order valence-electron chi connectivity index (χ1n) is 8.47. The fourth-order valence-electron chi connectivity index (χ4n) is 2.78. The SMILES string of the molecule is CON(C)C(=O)CC(Nc1nc2ccccc2[nH]1)c1cccc(C(F)(F)F)c1. The molecule has 0 saturated heterocycles. The van der Waals surface area contributed by atoms with Gasteiger partial charge in [0.25, 0.3) is 0 Å². The van der Waals surface area contributed by atoms with Crippen molar-refractivity contribution in [2.24, 2.45) is 0 Å². The van der Waals surface area contributed by atoms with Crippen molar-refractivity contribution in [3.63, 3.8) is 0 Å². The molecule has 0 fully saturated rings. The van der Waals surface area contributed by atoms with Gasteiger partial charge in [0.05, 0.1) is 36.2 Å². The maximum Gasteiger partial charge on any atom is 0.416 e. The van der Waals surface area contributed by atoms with Crippen LogP contribution in [0.5, 0.6) is 0 Å². The smallest absolute Gasteiger partial charge is 0.348 e. The van der Waals surface area contributed by atoms with Gasteiger partial charge >= 0.3 is 6.18 Å². The van der Waals surface area contributed by atoms with Crippen LogP contribution in [-0.2, 0) is 15.8 Å². The number of carbonyl (C=O) groups is 1. The molecule has 0 spiro atoms. The molecule has 0 radical (unpaired) electrons. The van der Waals surface area contributed by atoms with Gasteiger partial charge in [-0.05, 0) is 29.8 Å². The number of imidazole rings is 1. The van der Waals surface area contributed by atoms with E-state index in [0.717, 1.165) is 22.7 Å². The molecular weight excluding hydrogens is 373 g/mol. The highest BCUT2D eigenvalue weighted by Gasteiger charge is 2.31. The lowest BCUT2D eigenvalue weighted by atomic mass is 10.0. The third-order valence-corrected chi connectivity index (χ3v) is 4.32. The molecule has 1 unspecified atom stereocenters. The third-order valence-electron chi connectivity index (χ3n) is 4.32. The normalized spacial score (nSPS) is 12.8. The number of para-hydroxylation sites is 2. The topological polar surface area (TPSA) is 70.2 Å². The van der Waals surface area contributed by atoms with Crippen molar-refractivity contribution in [1.82, 2.24) is 15.0 Å². The van der Waals surface area contributed by atoms with Gasteiger partial charge < -0.3 is 10.3 Å². The van der Waals surface area contributed by atoms with Crippen molar-refractivity contribution >= 4 is 22.9 Å². The molecule has 1 atom stereocenters. The number of aromatic amines is 1. The van der Waals surface area contributed by atoms with Gasteiger partial charge in [-0.15, -0.1) is 0 Å². The van der Waals surface area contributed by atoms with Gasteiger partial charge in [-0.3, -0.25) is 9.63 Å². The average molecular weight is 392 g/mol. The van der Waals surface area contributed by atoms with Crippen LogP contribution in [0.4, 0.5) is 19.1 Å². The number of hydrogen-bond acceptors (Lipinski definition) is 4. The number of alkyl halides is 3. The van der Waals surface area contributed by atoms with Crippen molar-refractivity contribution in [1.29, 1.82) is 0 Å². The number of fused-ring (bicyclic) bond motifs is 1. The van der Waals surface area contributed by atoms with E-state index >= 15 is 0 Å². The van der Waals surface area contributed by atoms with Crippen molar-refractivity contribution in [2.45, 2.75) is 18.6 Å². The highest BCUT2D eigenvalue weighted by Crippen LogP contribution is 2.32. The molecule has 9 heteroatoms. The van der Waals surface area contributed by atoms with E-state index in [1.54, 1.807) is 6.07 Å². The molecule has 3 aromatic rings. The first kappa shape index (κ1) is 19.7. The van der Waals surface area contributed by atoms with Crippen LogP contribution in [-0.4, -0.2) is 35.1 Å². The Morgan fingerprint density at radius 2 is 2.00 bits per heavy atom. The summed E-state index contributed by atoms with van der Waals surface area (Å²) < 4.78 is 39.3. The van der Waals surface area contributed by atoms with Gasteiger partial charge in [-0.2, -0.15) is 13.2 Å². The first-order chi connectivity index (χ1) is 13.3. The minimum atomic E-state index is -4.48. The van der Waals surface area contributed by atoms with Crippen LogP contribution in [0.2, 0.25) is 0 Å².